The second-order valence-electron chi connectivity index (χ2n) is 9.30. The Kier molecular flexibility index (Phi) is 8.95. The number of nitrogens with one attached hydrogen (secondary N) is 1. The average molecular weight is 463 g/mol. The number of aliphatic carboxylic acids is 2. The highest BCUT2D eigenvalue weighted by Crippen LogP contribution is 2.21. The van der Waals surface area contributed by atoms with Crippen LogP contribution in [0.3, 0.4) is 0 Å². The molecule has 0 bridgehead atoms. The van der Waals surface area contributed by atoms with Crippen LogP contribution in [0.15, 0.2) is 24.4 Å². The van der Waals surface area contributed by atoms with Crippen molar-refractivity contribution in [2.75, 3.05) is 26.2 Å². The standard InChI is InChI=1S/C21H32N4O2.C2H2O4/c1-15(2)25-13-17-6-5-7-18(19(17)23-25)20(26)22-12-16-8-10-24(11-9-16)14-21(3,4)27;3-1(4)2(5)6/h5-7,13,15-16,27H,8-12,14H2,1-4H3,(H,22,26);(H,3,4)(H,5,6). The number of β-amino-alcohol motifs (C(OH)–C–C–N with tert-alkyl or cyclic N) is 1. The first-order chi connectivity index (χ1) is 15.4. The van der Waals surface area contributed by atoms with Gasteiger partial charge in [-0.1, -0.05) is 12.1 Å². The Morgan fingerprint density at radius 3 is 2.27 bits per heavy atom. The summed E-state index contributed by atoms with van der Waals surface area (Å²) in [6.07, 6.45) is 4.08. The number of carbonyl (C=O) groups is 3. The maximum atomic E-state index is 12.7. The van der Waals surface area contributed by atoms with Crippen molar-refractivity contribution in [3.8, 4) is 0 Å². The smallest absolute Gasteiger partial charge is 0.414 e. The van der Waals surface area contributed by atoms with Crippen molar-refractivity contribution in [1.82, 2.24) is 20.0 Å². The van der Waals surface area contributed by atoms with Gasteiger partial charge in [-0.2, -0.15) is 5.10 Å². The summed E-state index contributed by atoms with van der Waals surface area (Å²) in [7, 11) is 0. The van der Waals surface area contributed by atoms with Crippen LogP contribution in [0, 0.1) is 5.92 Å². The van der Waals surface area contributed by atoms with Crippen molar-refractivity contribution in [2.24, 2.45) is 5.92 Å². The number of rotatable bonds is 6. The first-order valence-corrected chi connectivity index (χ1v) is 11.0. The number of hydrogen-bond donors (Lipinski definition) is 4. The summed E-state index contributed by atoms with van der Waals surface area (Å²) >= 11 is 0. The summed E-state index contributed by atoms with van der Waals surface area (Å²) in [5.74, 6) is -3.21. The van der Waals surface area contributed by atoms with Crippen molar-refractivity contribution in [2.45, 2.75) is 52.2 Å². The third-order valence-electron chi connectivity index (χ3n) is 5.38. The quantitative estimate of drug-likeness (QED) is 0.477. The lowest BCUT2D eigenvalue weighted by atomic mass is 9.95. The first-order valence-electron chi connectivity index (χ1n) is 11.0. The number of nitrogens with zero attached hydrogens (tertiary/aromatic N) is 3. The molecule has 10 nitrogen and oxygen atoms in total. The largest absolute Gasteiger partial charge is 0.473 e. The minimum absolute atomic E-state index is 0.0477. The number of benzene rings is 1. The molecule has 0 atom stereocenters. The number of carboxylic acids is 2. The Balaban J connectivity index is 0.000000569. The number of likely N-dealkylation sites (tertiary alicyclic amines) is 1. The summed E-state index contributed by atoms with van der Waals surface area (Å²) in [5, 5.41) is 33.4. The molecule has 1 aliphatic rings. The fourth-order valence-corrected chi connectivity index (χ4v) is 3.74. The lowest BCUT2D eigenvalue weighted by Gasteiger charge is -2.35. The Hall–Kier alpha value is -2.98. The van der Waals surface area contributed by atoms with Crippen LogP contribution >= 0.6 is 0 Å². The van der Waals surface area contributed by atoms with Gasteiger partial charge < -0.3 is 25.5 Å². The summed E-state index contributed by atoms with van der Waals surface area (Å²) in [6, 6.07) is 6.03. The van der Waals surface area contributed by atoms with Crippen LogP contribution in [0.5, 0.6) is 0 Å². The number of hydrogen-bond acceptors (Lipinski definition) is 6. The number of aliphatic hydroxyl groups is 1. The van der Waals surface area contributed by atoms with Gasteiger partial charge in [0.1, 0.15) is 5.52 Å². The van der Waals surface area contributed by atoms with Gasteiger partial charge in [-0.25, -0.2) is 9.59 Å². The number of piperidine rings is 1. The average Bonchev–Trinajstić information content (AvgIpc) is 3.17. The predicted octanol–water partition coefficient (Wildman–Crippen LogP) is 1.99. The van der Waals surface area contributed by atoms with E-state index in [1.54, 1.807) is 0 Å². The van der Waals surface area contributed by atoms with Crippen molar-refractivity contribution >= 4 is 28.7 Å². The molecule has 182 valence electrons. The van der Waals surface area contributed by atoms with Gasteiger partial charge in [0.15, 0.2) is 0 Å². The summed E-state index contributed by atoms with van der Waals surface area (Å²) in [6.45, 7) is 11.2. The van der Waals surface area contributed by atoms with Crippen molar-refractivity contribution in [3.63, 3.8) is 0 Å². The van der Waals surface area contributed by atoms with Crippen molar-refractivity contribution < 1.29 is 29.7 Å². The zero-order valence-corrected chi connectivity index (χ0v) is 19.6. The monoisotopic (exact) mass is 462 g/mol. The molecule has 1 aliphatic heterocycles. The summed E-state index contributed by atoms with van der Waals surface area (Å²) < 4.78 is 1.90. The Labute approximate surface area is 193 Å². The van der Waals surface area contributed by atoms with E-state index in [9.17, 15) is 9.90 Å². The molecular weight excluding hydrogens is 428 g/mol. The van der Waals surface area contributed by atoms with E-state index in [2.05, 4.69) is 29.2 Å². The van der Waals surface area contributed by atoms with E-state index in [-0.39, 0.29) is 11.9 Å². The topological polar surface area (TPSA) is 145 Å². The summed E-state index contributed by atoms with van der Waals surface area (Å²) in [4.78, 5) is 33.2. The SMILES string of the molecule is CC(C)n1cc2cccc(C(=O)NCC3CCN(CC(C)(C)O)CC3)c2n1.O=C(O)C(=O)O. The highest BCUT2D eigenvalue weighted by atomic mass is 16.4. The molecule has 0 radical (unpaired) electrons. The van der Waals surface area contributed by atoms with Crippen LogP contribution < -0.4 is 5.32 Å². The van der Waals surface area contributed by atoms with E-state index in [4.69, 9.17) is 19.8 Å². The predicted molar refractivity (Wildman–Crippen MR) is 123 cm³/mol. The molecule has 0 saturated carbocycles. The van der Waals surface area contributed by atoms with Gasteiger partial charge in [-0.05, 0) is 65.6 Å². The second-order valence-corrected chi connectivity index (χ2v) is 9.30. The molecule has 10 heteroatoms. The normalized spacial score (nSPS) is 15.2. The van der Waals surface area contributed by atoms with E-state index in [1.165, 1.54) is 0 Å². The van der Waals surface area contributed by atoms with Crippen molar-refractivity contribution in [1.29, 1.82) is 0 Å². The van der Waals surface area contributed by atoms with Crippen LogP contribution in [0.4, 0.5) is 0 Å². The molecule has 1 amide bonds. The number of carboxylic acid groups (broad SMARTS) is 2. The van der Waals surface area contributed by atoms with Gasteiger partial charge in [0, 0.05) is 30.7 Å². The second kappa shape index (κ2) is 11.2. The minimum atomic E-state index is -1.82. The van der Waals surface area contributed by atoms with Gasteiger partial charge in [0.05, 0.1) is 11.2 Å². The van der Waals surface area contributed by atoms with E-state index in [0.717, 1.165) is 36.8 Å². The van der Waals surface area contributed by atoms with Crippen LogP contribution in [0.2, 0.25) is 0 Å². The molecule has 0 spiro atoms. The zero-order valence-electron chi connectivity index (χ0n) is 19.6. The molecule has 2 heterocycles. The van der Waals surface area contributed by atoms with E-state index < -0.39 is 17.5 Å². The van der Waals surface area contributed by atoms with E-state index in [0.29, 0.717) is 24.6 Å². The fraction of sp³-hybridized carbons (Fsp3) is 0.565. The lowest BCUT2D eigenvalue weighted by Crippen LogP contribution is -2.44. The molecule has 3 rings (SSSR count). The maximum Gasteiger partial charge on any atom is 0.414 e. The highest BCUT2D eigenvalue weighted by molar-refractivity contribution is 6.27. The minimum Gasteiger partial charge on any atom is -0.473 e. The van der Waals surface area contributed by atoms with Gasteiger partial charge in [0.2, 0.25) is 0 Å². The number of amides is 1. The molecule has 1 aromatic carbocycles. The molecule has 2 aromatic rings. The molecular formula is C23H34N4O6. The van der Waals surface area contributed by atoms with E-state index in [1.807, 2.05) is 42.9 Å². The van der Waals surface area contributed by atoms with Gasteiger partial charge >= 0.3 is 11.9 Å². The van der Waals surface area contributed by atoms with Crippen molar-refractivity contribution in [3.05, 3.63) is 30.0 Å². The Morgan fingerprint density at radius 1 is 1.15 bits per heavy atom. The molecule has 1 aromatic heterocycles. The molecule has 1 saturated heterocycles. The maximum absolute atomic E-state index is 12.7. The zero-order chi connectivity index (χ0) is 24.8. The molecule has 33 heavy (non-hydrogen) atoms. The molecule has 0 unspecified atom stereocenters. The van der Waals surface area contributed by atoms with Gasteiger partial charge in [0.25, 0.3) is 5.91 Å². The molecule has 1 fully saturated rings. The first kappa shape index (κ1) is 26.3. The van der Waals surface area contributed by atoms with Gasteiger partial charge in [-0.15, -0.1) is 0 Å². The molecule has 4 N–H and O–H groups in total. The third-order valence-corrected chi connectivity index (χ3v) is 5.38. The van der Waals surface area contributed by atoms with E-state index >= 15 is 0 Å². The number of carbonyl (C=O) groups excluding carboxylic acids is 1. The number of aromatic nitrogens is 2. The lowest BCUT2D eigenvalue weighted by molar-refractivity contribution is -0.159. The molecule has 0 aliphatic carbocycles. The van der Waals surface area contributed by atoms with Gasteiger partial charge in [-0.3, -0.25) is 9.48 Å². The Bertz CT molecular complexity index is 959. The number of fused-ring (bicyclic) bond motifs is 1. The van der Waals surface area contributed by atoms with Crippen LogP contribution in [-0.4, -0.2) is 79.6 Å². The Morgan fingerprint density at radius 2 is 1.76 bits per heavy atom. The summed E-state index contributed by atoms with van der Waals surface area (Å²) in [5.41, 5.74) is 0.758. The highest BCUT2D eigenvalue weighted by Gasteiger charge is 2.24. The van der Waals surface area contributed by atoms with Crippen LogP contribution in [0.25, 0.3) is 10.9 Å². The third kappa shape index (κ3) is 8.14. The van der Waals surface area contributed by atoms with Crippen LogP contribution in [0.1, 0.15) is 56.9 Å². The van der Waals surface area contributed by atoms with Crippen LogP contribution in [-0.2, 0) is 9.59 Å². The fourth-order valence-electron chi connectivity index (χ4n) is 3.74.